The van der Waals surface area contributed by atoms with Crippen molar-refractivity contribution < 1.29 is 14.0 Å². The van der Waals surface area contributed by atoms with Crippen LogP contribution < -0.4 is 10.2 Å². The van der Waals surface area contributed by atoms with E-state index in [1.165, 1.54) is 0 Å². The zero-order valence-corrected chi connectivity index (χ0v) is 12.8. The zero-order valence-electron chi connectivity index (χ0n) is 12.8. The Bertz CT molecular complexity index is 668. The Morgan fingerprint density at radius 3 is 2.62 bits per heavy atom. The summed E-state index contributed by atoms with van der Waals surface area (Å²) in [6, 6.07) is 7.83. The van der Waals surface area contributed by atoms with Crippen molar-refractivity contribution in [2.24, 2.45) is 0 Å². The van der Waals surface area contributed by atoms with Gasteiger partial charge in [0, 0.05) is 18.5 Å². The number of hydrogen-bond acceptors (Lipinski definition) is 4. The maximum absolute atomic E-state index is 6.04. The molecule has 1 unspecified atom stereocenters. The minimum absolute atomic E-state index is 0.457. The summed E-state index contributed by atoms with van der Waals surface area (Å²) in [5, 5.41) is 0.995. The van der Waals surface area contributed by atoms with Gasteiger partial charge >= 0.3 is 7.12 Å². The molecule has 1 fully saturated rings. The minimum Gasteiger partial charge on any atom is -0.494 e. The van der Waals surface area contributed by atoms with Gasteiger partial charge in [-0.25, -0.2) is 0 Å². The molecule has 1 aromatic heterocycles. The second-order valence-electron chi connectivity index (χ2n) is 6.11. The van der Waals surface area contributed by atoms with Crippen molar-refractivity contribution in [2.75, 3.05) is 7.11 Å². The lowest BCUT2D eigenvalue weighted by atomic mass is 9.78. The second-order valence-corrected chi connectivity index (χ2v) is 6.11. The second kappa shape index (κ2) is 4.65. The van der Waals surface area contributed by atoms with Crippen molar-refractivity contribution in [3.63, 3.8) is 0 Å². The average Bonchev–Trinajstić information content (AvgIpc) is 2.66. The molecule has 21 heavy (non-hydrogen) atoms. The molecule has 2 aromatic rings. The van der Waals surface area contributed by atoms with Gasteiger partial charge < -0.3 is 14.0 Å². The molecule has 2 heterocycles. The largest absolute Gasteiger partial charge is 0.498 e. The summed E-state index contributed by atoms with van der Waals surface area (Å²) in [6.45, 7) is 10.0. The average molecular weight is 284 g/mol. The topological polar surface area (TPSA) is 40.6 Å². The van der Waals surface area contributed by atoms with Crippen LogP contribution in [0.3, 0.4) is 0 Å². The fourth-order valence-corrected chi connectivity index (χ4v) is 2.40. The normalized spacial score (nSPS) is 24.5. The standard InChI is InChI=1S/C16H19BNO3/c1-15(2)16(3,4)21-17(20-15)12-9-11-7-6-8-18-14(11)13(10-12)19-5/h6-10H,1H2,2-5H3/q+1. The third kappa shape index (κ3) is 2.26. The fraction of sp³-hybridized carbons (Fsp3) is 0.375. The van der Waals surface area contributed by atoms with Crippen molar-refractivity contribution >= 4 is 23.5 Å². The number of hydrogen-bond donors (Lipinski definition) is 0. The van der Waals surface area contributed by atoms with E-state index in [1.807, 2.05) is 45.0 Å². The molecule has 0 N–H and O–H groups in total. The molecule has 5 heteroatoms. The summed E-state index contributed by atoms with van der Waals surface area (Å²) >= 11 is 0. The molecule has 4 nitrogen and oxygen atoms in total. The summed E-state index contributed by atoms with van der Waals surface area (Å²) in [5.74, 6) is 0.714. The Hall–Kier alpha value is -1.72. The number of fused-ring (bicyclic) bond motifs is 1. The van der Waals surface area contributed by atoms with Gasteiger partial charge in [-0.2, -0.15) is 0 Å². The molecular formula is C16H19BNO3+. The molecule has 0 amide bonds. The highest BCUT2D eigenvalue weighted by molar-refractivity contribution is 6.62. The quantitative estimate of drug-likeness (QED) is 0.627. The van der Waals surface area contributed by atoms with Crippen LogP contribution in [-0.2, 0) is 9.31 Å². The highest BCUT2D eigenvalue weighted by atomic mass is 16.7. The van der Waals surface area contributed by atoms with E-state index in [0.29, 0.717) is 5.75 Å². The highest BCUT2D eigenvalue weighted by Gasteiger charge is 2.57. The SMILES string of the molecule is [CH2+]C1(C)OB(c2cc(OC)c3ncccc3c2)OC1(C)C. The van der Waals surface area contributed by atoms with Gasteiger partial charge in [-0.15, -0.1) is 0 Å². The van der Waals surface area contributed by atoms with Crippen LogP contribution in [-0.4, -0.2) is 30.4 Å². The van der Waals surface area contributed by atoms with Gasteiger partial charge in [0.1, 0.15) is 16.9 Å². The van der Waals surface area contributed by atoms with Crippen molar-refractivity contribution in [1.29, 1.82) is 0 Å². The molecule has 3 rings (SSSR count). The predicted octanol–water partition coefficient (Wildman–Crippen LogP) is 2.36. The molecule has 108 valence electrons. The van der Waals surface area contributed by atoms with Gasteiger partial charge in [0.25, 0.3) is 0 Å². The number of aromatic nitrogens is 1. The van der Waals surface area contributed by atoms with Crippen LogP contribution in [0.15, 0.2) is 30.5 Å². The van der Waals surface area contributed by atoms with E-state index in [9.17, 15) is 0 Å². The van der Waals surface area contributed by atoms with E-state index < -0.39 is 18.3 Å². The van der Waals surface area contributed by atoms with Crippen LogP contribution in [0.2, 0.25) is 0 Å². The molecule has 1 saturated heterocycles. The molecule has 0 saturated carbocycles. The molecular weight excluding hydrogens is 265 g/mol. The first-order valence-electron chi connectivity index (χ1n) is 6.98. The lowest BCUT2D eigenvalue weighted by Crippen LogP contribution is -2.42. The number of benzene rings is 1. The number of pyridine rings is 1. The lowest BCUT2D eigenvalue weighted by molar-refractivity contribution is 0.0262. The van der Waals surface area contributed by atoms with Gasteiger partial charge in [-0.3, -0.25) is 4.98 Å². The molecule has 1 aromatic carbocycles. The summed E-state index contributed by atoms with van der Waals surface area (Å²) in [4.78, 5) is 4.36. The monoisotopic (exact) mass is 284 g/mol. The molecule has 0 aliphatic carbocycles. The van der Waals surface area contributed by atoms with Crippen LogP contribution in [0.25, 0.3) is 10.9 Å². The van der Waals surface area contributed by atoms with Crippen LogP contribution in [0, 0.1) is 6.92 Å². The predicted molar refractivity (Wildman–Crippen MR) is 83.7 cm³/mol. The number of nitrogens with zero attached hydrogens (tertiary/aromatic N) is 1. The van der Waals surface area contributed by atoms with Crippen LogP contribution in [0.4, 0.5) is 0 Å². The number of ether oxygens (including phenoxy) is 1. The van der Waals surface area contributed by atoms with E-state index >= 15 is 0 Å². The third-order valence-electron chi connectivity index (χ3n) is 4.23. The first-order valence-corrected chi connectivity index (χ1v) is 6.98. The summed E-state index contributed by atoms with van der Waals surface area (Å²) in [6.07, 6.45) is 1.75. The van der Waals surface area contributed by atoms with E-state index in [0.717, 1.165) is 16.4 Å². The smallest absolute Gasteiger partial charge is 0.494 e. The first-order chi connectivity index (χ1) is 9.84. The Balaban J connectivity index is 2.06. The summed E-state index contributed by atoms with van der Waals surface area (Å²) in [7, 11) is 1.18. The van der Waals surface area contributed by atoms with Gasteiger partial charge in [0.05, 0.1) is 14.0 Å². The van der Waals surface area contributed by atoms with Gasteiger partial charge in [0.2, 0.25) is 5.60 Å². The molecule has 0 radical (unpaired) electrons. The van der Waals surface area contributed by atoms with Crippen molar-refractivity contribution in [1.82, 2.24) is 4.98 Å². The van der Waals surface area contributed by atoms with Crippen LogP contribution >= 0.6 is 0 Å². The Morgan fingerprint density at radius 2 is 2.00 bits per heavy atom. The number of rotatable bonds is 2. The Kier molecular flexibility index (Phi) is 3.15. The van der Waals surface area contributed by atoms with Crippen molar-refractivity contribution in [3.05, 3.63) is 37.4 Å². The molecule has 1 aliphatic rings. The Labute approximate surface area is 125 Å². The maximum Gasteiger partial charge on any atom is 0.498 e. The number of methoxy groups -OCH3 is 1. The Morgan fingerprint density at radius 1 is 1.24 bits per heavy atom. The highest BCUT2D eigenvalue weighted by Crippen LogP contribution is 2.36. The molecule has 1 aliphatic heterocycles. The van der Waals surface area contributed by atoms with Gasteiger partial charge in [-0.1, -0.05) is 12.1 Å². The van der Waals surface area contributed by atoms with Crippen molar-refractivity contribution in [2.45, 2.75) is 32.0 Å². The van der Waals surface area contributed by atoms with Crippen LogP contribution in [0.5, 0.6) is 5.75 Å². The molecule has 0 bridgehead atoms. The summed E-state index contributed by atoms with van der Waals surface area (Å²) < 4.78 is 17.5. The van der Waals surface area contributed by atoms with Crippen LogP contribution in [0.1, 0.15) is 20.8 Å². The van der Waals surface area contributed by atoms with E-state index in [4.69, 9.17) is 14.0 Å². The van der Waals surface area contributed by atoms with Gasteiger partial charge in [0.15, 0.2) is 0 Å². The van der Waals surface area contributed by atoms with E-state index in [-0.39, 0.29) is 0 Å². The zero-order chi connectivity index (χ0) is 15.3. The minimum atomic E-state index is -0.602. The first kappa shape index (κ1) is 14.2. The maximum atomic E-state index is 6.04. The van der Waals surface area contributed by atoms with E-state index in [2.05, 4.69) is 11.9 Å². The molecule has 0 spiro atoms. The third-order valence-corrected chi connectivity index (χ3v) is 4.23. The fourth-order valence-electron chi connectivity index (χ4n) is 2.40. The van der Waals surface area contributed by atoms with E-state index in [1.54, 1.807) is 13.3 Å². The van der Waals surface area contributed by atoms with Gasteiger partial charge in [-0.05, 0) is 31.4 Å². The lowest BCUT2D eigenvalue weighted by Gasteiger charge is -2.25. The van der Waals surface area contributed by atoms with Crippen molar-refractivity contribution in [3.8, 4) is 5.75 Å². The summed E-state index contributed by atoms with van der Waals surface area (Å²) in [5.41, 5.74) is 0.676. The molecule has 1 atom stereocenters.